The second kappa shape index (κ2) is 7.40. The molecule has 27 heavy (non-hydrogen) atoms. The van der Waals surface area contributed by atoms with Crippen LogP contribution in [-0.4, -0.2) is 36.2 Å². The lowest BCUT2D eigenvalue weighted by molar-refractivity contribution is -0.118. The van der Waals surface area contributed by atoms with Crippen molar-refractivity contribution in [3.8, 4) is 0 Å². The Labute approximate surface area is 157 Å². The van der Waals surface area contributed by atoms with Crippen molar-refractivity contribution >= 4 is 23.3 Å². The van der Waals surface area contributed by atoms with Gasteiger partial charge >= 0.3 is 5.97 Å². The highest BCUT2D eigenvalue weighted by Crippen LogP contribution is 2.33. The van der Waals surface area contributed by atoms with Crippen molar-refractivity contribution in [1.82, 2.24) is 0 Å². The minimum absolute atomic E-state index is 0.0918. The maximum Gasteiger partial charge on any atom is 0.339 e. The van der Waals surface area contributed by atoms with Gasteiger partial charge in [-0.3, -0.25) is 4.79 Å². The van der Waals surface area contributed by atoms with Crippen molar-refractivity contribution < 1.29 is 19.4 Å². The molecular weight excluding hydrogens is 344 g/mol. The molecule has 6 heteroatoms. The Bertz CT molecular complexity index is 842. The summed E-state index contributed by atoms with van der Waals surface area (Å²) in [6.07, 6.45) is 0.914. The number of nitrogens with one attached hydrogen (secondary N) is 1. The van der Waals surface area contributed by atoms with Crippen molar-refractivity contribution in [1.29, 1.82) is 0 Å². The summed E-state index contributed by atoms with van der Waals surface area (Å²) in [4.78, 5) is 26.4. The highest BCUT2D eigenvalue weighted by atomic mass is 16.5. The van der Waals surface area contributed by atoms with Crippen LogP contribution in [0.3, 0.4) is 0 Å². The molecule has 140 valence electrons. The molecule has 0 bridgehead atoms. The zero-order chi connectivity index (χ0) is 18.8. The van der Waals surface area contributed by atoms with Crippen molar-refractivity contribution in [3.05, 3.63) is 59.7 Å². The fourth-order valence-electron chi connectivity index (χ4n) is 3.63. The molecule has 2 heterocycles. The molecular formula is C21H22N2O4. The maximum absolute atomic E-state index is 12.4. The second-order valence-corrected chi connectivity index (χ2v) is 7.00. The number of amides is 1. The minimum Gasteiger partial charge on any atom is -0.453 e. The van der Waals surface area contributed by atoms with Gasteiger partial charge < -0.3 is 20.1 Å². The van der Waals surface area contributed by atoms with Crippen LogP contribution >= 0.6 is 0 Å². The highest BCUT2D eigenvalue weighted by molar-refractivity contribution is 5.96. The first-order valence-electron chi connectivity index (χ1n) is 9.23. The molecule has 2 aromatic carbocycles. The Balaban J connectivity index is 1.36. The van der Waals surface area contributed by atoms with Crippen LogP contribution in [0.15, 0.2) is 48.5 Å². The third-order valence-corrected chi connectivity index (χ3v) is 5.13. The van der Waals surface area contributed by atoms with Gasteiger partial charge in [0.15, 0.2) is 0 Å². The first kappa shape index (κ1) is 17.5. The number of fused-ring (bicyclic) bond motifs is 1. The standard InChI is InChI=1S/C21H22N2O4/c24-16-9-11-23(12-10-16)15-7-5-14(6-8-15)22-20(25)13-19-17-3-1-2-4-18(17)21(26)27-19/h1-8,16,19,24H,9-13H2,(H,22,25)/t19-/m1/s1. The molecule has 1 amide bonds. The number of aliphatic hydroxyl groups excluding tert-OH is 1. The number of carbonyl (C=O) groups excluding carboxylic acids is 2. The van der Waals surface area contributed by atoms with Crippen molar-refractivity contribution in [2.45, 2.75) is 31.5 Å². The van der Waals surface area contributed by atoms with E-state index in [1.165, 1.54) is 0 Å². The summed E-state index contributed by atoms with van der Waals surface area (Å²) < 4.78 is 5.32. The summed E-state index contributed by atoms with van der Waals surface area (Å²) >= 11 is 0. The smallest absolute Gasteiger partial charge is 0.339 e. The van der Waals surface area contributed by atoms with E-state index in [0.29, 0.717) is 11.3 Å². The SMILES string of the molecule is O=C(C[C@H]1OC(=O)c2ccccc21)Nc1ccc(N2CCC(O)CC2)cc1. The predicted molar refractivity (Wildman–Crippen MR) is 102 cm³/mol. The Hall–Kier alpha value is -2.86. The van der Waals surface area contributed by atoms with E-state index >= 15 is 0 Å². The lowest BCUT2D eigenvalue weighted by atomic mass is 10.0. The van der Waals surface area contributed by atoms with E-state index in [9.17, 15) is 14.7 Å². The number of nitrogens with zero attached hydrogens (tertiary/aromatic N) is 1. The number of carbonyl (C=O) groups is 2. The number of piperidine rings is 1. The molecule has 1 atom stereocenters. The van der Waals surface area contributed by atoms with Gasteiger partial charge in [-0.25, -0.2) is 4.79 Å². The van der Waals surface area contributed by atoms with Gasteiger partial charge in [0, 0.05) is 30.0 Å². The maximum atomic E-state index is 12.4. The summed E-state index contributed by atoms with van der Waals surface area (Å²) in [6, 6.07) is 14.8. The number of anilines is 2. The first-order chi connectivity index (χ1) is 13.1. The van der Waals surface area contributed by atoms with Gasteiger partial charge in [0.05, 0.1) is 18.1 Å². The Morgan fingerprint density at radius 1 is 1.11 bits per heavy atom. The molecule has 2 N–H and O–H groups in total. The summed E-state index contributed by atoms with van der Waals surface area (Å²) in [5.74, 6) is -0.572. The van der Waals surface area contributed by atoms with E-state index in [1.807, 2.05) is 36.4 Å². The molecule has 0 radical (unpaired) electrons. The van der Waals surface area contributed by atoms with Crippen LogP contribution in [0, 0.1) is 0 Å². The van der Waals surface area contributed by atoms with Crippen molar-refractivity contribution in [2.24, 2.45) is 0 Å². The molecule has 0 unspecified atom stereocenters. The van der Waals surface area contributed by atoms with E-state index < -0.39 is 6.10 Å². The van der Waals surface area contributed by atoms with E-state index in [1.54, 1.807) is 12.1 Å². The molecule has 2 aliphatic heterocycles. The Kier molecular flexibility index (Phi) is 4.81. The predicted octanol–water partition coefficient (Wildman–Crippen LogP) is 2.89. The molecule has 0 aromatic heterocycles. The fourth-order valence-corrected chi connectivity index (χ4v) is 3.63. The minimum atomic E-state index is -0.534. The van der Waals surface area contributed by atoms with Crippen molar-refractivity contribution in [2.75, 3.05) is 23.3 Å². The zero-order valence-corrected chi connectivity index (χ0v) is 14.9. The lowest BCUT2D eigenvalue weighted by Crippen LogP contribution is -2.35. The van der Waals surface area contributed by atoms with Crippen molar-refractivity contribution in [3.63, 3.8) is 0 Å². The van der Waals surface area contributed by atoms with E-state index in [4.69, 9.17) is 4.74 Å². The number of hydrogen-bond acceptors (Lipinski definition) is 5. The summed E-state index contributed by atoms with van der Waals surface area (Å²) in [6.45, 7) is 1.67. The van der Waals surface area contributed by atoms with Gasteiger partial charge in [-0.1, -0.05) is 18.2 Å². The van der Waals surface area contributed by atoms with Gasteiger partial charge in [0.25, 0.3) is 0 Å². The number of cyclic esters (lactones) is 1. The van der Waals surface area contributed by atoms with E-state index in [0.717, 1.165) is 37.2 Å². The van der Waals surface area contributed by atoms with E-state index in [-0.39, 0.29) is 24.4 Å². The average Bonchev–Trinajstić information content (AvgIpc) is 2.99. The number of aliphatic hydroxyl groups is 1. The third kappa shape index (κ3) is 3.80. The van der Waals surface area contributed by atoms with Crippen LogP contribution in [0.4, 0.5) is 11.4 Å². The largest absolute Gasteiger partial charge is 0.453 e. The second-order valence-electron chi connectivity index (χ2n) is 7.00. The molecule has 2 aliphatic rings. The summed E-state index contributed by atoms with van der Waals surface area (Å²) in [5, 5.41) is 12.5. The van der Waals surface area contributed by atoms with Gasteiger partial charge in [0.2, 0.25) is 5.91 Å². The van der Waals surface area contributed by atoms with Crippen LogP contribution in [0.25, 0.3) is 0 Å². The molecule has 2 aromatic rings. The zero-order valence-electron chi connectivity index (χ0n) is 14.9. The molecule has 0 aliphatic carbocycles. The summed E-state index contributed by atoms with van der Waals surface area (Å²) in [7, 11) is 0. The Morgan fingerprint density at radius 3 is 2.56 bits per heavy atom. The quantitative estimate of drug-likeness (QED) is 0.814. The lowest BCUT2D eigenvalue weighted by Gasteiger charge is -2.31. The molecule has 4 rings (SSSR count). The number of ether oxygens (including phenoxy) is 1. The third-order valence-electron chi connectivity index (χ3n) is 5.13. The number of benzene rings is 2. The van der Waals surface area contributed by atoms with E-state index in [2.05, 4.69) is 10.2 Å². The van der Waals surface area contributed by atoms with Gasteiger partial charge in [-0.2, -0.15) is 0 Å². The van der Waals surface area contributed by atoms with Gasteiger partial charge in [0.1, 0.15) is 6.10 Å². The molecule has 1 fully saturated rings. The topological polar surface area (TPSA) is 78.9 Å². The highest BCUT2D eigenvalue weighted by Gasteiger charge is 2.32. The van der Waals surface area contributed by atoms with Crippen LogP contribution < -0.4 is 10.2 Å². The average molecular weight is 366 g/mol. The molecule has 0 saturated carbocycles. The molecule has 1 saturated heterocycles. The number of hydrogen-bond donors (Lipinski definition) is 2. The normalized spacial score (nSPS) is 19.5. The van der Waals surface area contributed by atoms with Crippen LogP contribution in [0.5, 0.6) is 0 Å². The number of rotatable bonds is 4. The Morgan fingerprint density at radius 2 is 1.81 bits per heavy atom. The van der Waals surface area contributed by atoms with Gasteiger partial charge in [-0.05, 0) is 43.2 Å². The number of esters is 1. The van der Waals surface area contributed by atoms with Crippen LogP contribution in [-0.2, 0) is 9.53 Å². The monoisotopic (exact) mass is 366 g/mol. The van der Waals surface area contributed by atoms with Crippen LogP contribution in [0.2, 0.25) is 0 Å². The first-order valence-corrected chi connectivity index (χ1v) is 9.23. The van der Waals surface area contributed by atoms with Crippen LogP contribution in [0.1, 0.15) is 41.3 Å². The van der Waals surface area contributed by atoms with Gasteiger partial charge in [-0.15, -0.1) is 0 Å². The molecule has 0 spiro atoms. The summed E-state index contributed by atoms with van der Waals surface area (Å²) in [5.41, 5.74) is 3.09. The molecule has 6 nitrogen and oxygen atoms in total. The fraction of sp³-hybridized carbons (Fsp3) is 0.333.